The van der Waals surface area contributed by atoms with E-state index in [-0.39, 0.29) is 17.2 Å². The molecule has 0 saturated carbocycles. The van der Waals surface area contributed by atoms with E-state index in [4.69, 9.17) is 4.74 Å². The van der Waals surface area contributed by atoms with Crippen LogP contribution in [0.5, 0.6) is 0 Å². The summed E-state index contributed by atoms with van der Waals surface area (Å²) < 4.78 is 5.81. The molecule has 4 rings (SSSR count). The Morgan fingerprint density at radius 3 is 2.81 bits per heavy atom. The summed E-state index contributed by atoms with van der Waals surface area (Å²) in [6.45, 7) is 5.59. The summed E-state index contributed by atoms with van der Waals surface area (Å²) in [5.41, 5.74) is 1.13. The van der Waals surface area contributed by atoms with Crippen molar-refractivity contribution in [2.75, 3.05) is 13.1 Å². The molecular weight excluding hydrogens is 346 g/mol. The molecule has 0 aliphatic carbocycles. The van der Waals surface area contributed by atoms with E-state index in [0.29, 0.717) is 30.6 Å². The quantitative estimate of drug-likeness (QED) is 0.640. The summed E-state index contributed by atoms with van der Waals surface area (Å²) in [5.74, 6) is -0.856. The van der Waals surface area contributed by atoms with Crippen molar-refractivity contribution < 1.29 is 19.4 Å². The number of H-pyrrole nitrogens is 1. The molecule has 2 aliphatic rings. The van der Waals surface area contributed by atoms with Gasteiger partial charge in [-0.2, -0.15) is 0 Å². The molecular formula is C20H21N3O4. The van der Waals surface area contributed by atoms with Crippen LogP contribution in [0.4, 0.5) is 0 Å². The van der Waals surface area contributed by atoms with Crippen molar-refractivity contribution in [2.45, 2.75) is 20.3 Å². The molecule has 0 aromatic carbocycles. The monoisotopic (exact) mass is 367 g/mol. The molecule has 0 radical (unpaired) electrons. The van der Waals surface area contributed by atoms with Crippen LogP contribution >= 0.6 is 0 Å². The molecule has 7 nitrogen and oxygen atoms in total. The van der Waals surface area contributed by atoms with Crippen LogP contribution in [0.3, 0.4) is 0 Å². The maximum atomic E-state index is 12.7. The highest BCUT2D eigenvalue weighted by atomic mass is 16.5. The lowest BCUT2D eigenvalue weighted by atomic mass is 9.92. The van der Waals surface area contributed by atoms with Crippen LogP contribution in [-0.2, 0) is 14.3 Å². The zero-order valence-corrected chi connectivity index (χ0v) is 15.2. The number of carboxylic acid groups (broad SMARTS) is 1. The van der Waals surface area contributed by atoms with Crippen LogP contribution in [0.1, 0.15) is 25.8 Å². The molecule has 2 aliphatic heterocycles. The number of hydrogen-bond donors (Lipinski definition) is 2. The third-order valence-electron chi connectivity index (χ3n) is 5.01. The Hall–Kier alpha value is -3.09. The van der Waals surface area contributed by atoms with Gasteiger partial charge in [0.25, 0.3) is 0 Å². The molecule has 0 amide bonds. The van der Waals surface area contributed by atoms with E-state index in [1.165, 1.54) is 0 Å². The first-order valence-corrected chi connectivity index (χ1v) is 9.03. The van der Waals surface area contributed by atoms with Gasteiger partial charge in [0.1, 0.15) is 5.65 Å². The van der Waals surface area contributed by atoms with Gasteiger partial charge in [-0.25, -0.2) is 9.78 Å². The third-order valence-corrected chi connectivity index (χ3v) is 5.01. The minimum Gasteiger partial charge on any atom is -0.477 e. The molecule has 2 aromatic rings. The number of nitrogens with zero attached hydrogens (tertiary/aromatic N) is 2. The van der Waals surface area contributed by atoms with Crippen LogP contribution in [0.15, 0.2) is 41.7 Å². The fourth-order valence-corrected chi connectivity index (χ4v) is 3.99. The topological polar surface area (TPSA) is 95.5 Å². The number of likely N-dealkylation sites (tertiary alicyclic amines) is 1. The molecule has 1 saturated heterocycles. The van der Waals surface area contributed by atoms with E-state index in [1.54, 1.807) is 24.5 Å². The molecule has 0 spiro atoms. The fraction of sp³-hybridized carbons (Fsp3) is 0.350. The Morgan fingerprint density at radius 2 is 2.11 bits per heavy atom. The lowest BCUT2D eigenvalue weighted by Crippen LogP contribution is -2.38. The second kappa shape index (κ2) is 6.57. The smallest absolute Gasteiger partial charge is 0.345 e. The number of hydrogen-bond acceptors (Lipinski definition) is 5. The summed E-state index contributed by atoms with van der Waals surface area (Å²) >= 11 is 0. The number of nitrogens with one attached hydrogen (secondary N) is 1. The van der Waals surface area contributed by atoms with Crippen molar-refractivity contribution in [3.05, 3.63) is 47.3 Å². The van der Waals surface area contributed by atoms with Gasteiger partial charge < -0.3 is 19.7 Å². The van der Waals surface area contributed by atoms with Crippen LogP contribution < -0.4 is 0 Å². The van der Waals surface area contributed by atoms with Gasteiger partial charge in [0.15, 0.2) is 11.3 Å². The number of allylic oxidation sites excluding steroid dienone is 1. The Bertz CT molecular complexity index is 978. The number of ketones is 1. The predicted molar refractivity (Wildman–Crippen MR) is 99.3 cm³/mol. The maximum absolute atomic E-state index is 12.7. The van der Waals surface area contributed by atoms with Crippen molar-refractivity contribution in [3.8, 4) is 0 Å². The first-order chi connectivity index (χ1) is 12.9. The number of fused-ring (bicyclic) bond motifs is 1. The summed E-state index contributed by atoms with van der Waals surface area (Å²) in [6.07, 6.45) is 6.05. The second-order valence-electron chi connectivity index (χ2n) is 7.42. The van der Waals surface area contributed by atoms with Gasteiger partial charge in [-0.15, -0.1) is 0 Å². The number of aromatic amines is 1. The number of carbonyl (C=O) groups excluding carboxylic acids is 1. The van der Waals surface area contributed by atoms with E-state index < -0.39 is 11.8 Å². The number of rotatable bonds is 3. The third kappa shape index (κ3) is 3.09. The minimum absolute atomic E-state index is 0.0260. The summed E-state index contributed by atoms with van der Waals surface area (Å²) in [6, 6.07) is 3.68. The minimum atomic E-state index is -1.26. The standard InChI is InChI=1S/C20H21N3O4/c1-11-6-12(2)10-23(9-11)19-16(20(25)26)17(24)15(27-19)7-13-8-22-18-14(13)4-3-5-21-18/h3-5,7-8,11-12H,6,9-10H2,1-2H3,(H,21,22)(H,25,26)/t11-,12+. The summed E-state index contributed by atoms with van der Waals surface area (Å²) in [4.78, 5) is 33.6. The molecule has 7 heteroatoms. The van der Waals surface area contributed by atoms with Gasteiger partial charge in [0, 0.05) is 36.4 Å². The van der Waals surface area contributed by atoms with Crippen molar-refractivity contribution in [1.29, 1.82) is 0 Å². The molecule has 4 heterocycles. The van der Waals surface area contributed by atoms with E-state index in [2.05, 4.69) is 23.8 Å². The van der Waals surface area contributed by atoms with Crippen molar-refractivity contribution in [1.82, 2.24) is 14.9 Å². The Balaban J connectivity index is 1.70. The maximum Gasteiger partial charge on any atom is 0.345 e. The molecule has 2 N–H and O–H groups in total. The number of pyridine rings is 1. The summed E-state index contributed by atoms with van der Waals surface area (Å²) in [7, 11) is 0. The number of carboxylic acids is 1. The molecule has 0 bridgehead atoms. The van der Waals surface area contributed by atoms with Gasteiger partial charge in [-0.05, 0) is 36.5 Å². The molecule has 1 fully saturated rings. The Labute approximate surface area is 156 Å². The van der Waals surface area contributed by atoms with Crippen LogP contribution in [0.2, 0.25) is 0 Å². The highest BCUT2D eigenvalue weighted by Crippen LogP contribution is 2.34. The van der Waals surface area contributed by atoms with Gasteiger partial charge in [-0.3, -0.25) is 4.79 Å². The highest BCUT2D eigenvalue weighted by molar-refractivity contribution is 6.26. The van der Waals surface area contributed by atoms with Crippen LogP contribution in [-0.4, -0.2) is 44.8 Å². The molecule has 27 heavy (non-hydrogen) atoms. The zero-order valence-electron chi connectivity index (χ0n) is 15.2. The molecule has 0 unspecified atom stereocenters. The number of carbonyl (C=O) groups is 2. The summed E-state index contributed by atoms with van der Waals surface area (Å²) in [5, 5.41) is 10.4. The van der Waals surface area contributed by atoms with Crippen molar-refractivity contribution in [2.24, 2.45) is 11.8 Å². The van der Waals surface area contributed by atoms with Gasteiger partial charge in [0.2, 0.25) is 11.7 Å². The average molecular weight is 367 g/mol. The number of aromatic nitrogens is 2. The molecule has 140 valence electrons. The number of aliphatic carboxylic acids is 1. The van der Waals surface area contributed by atoms with E-state index in [1.807, 2.05) is 11.0 Å². The largest absolute Gasteiger partial charge is 0.477 e. The first-order valence-electron chi connectivity index (χ1n) is 9.03. The first kappa shape index (κ1) is 17.3. The fourth-order valence-electron chi connectivity index (χ4n) is 3.99. The SMILES string of the molecule is C[C@@H]1C[C@H](C)CN(C2=C(C(=O)O)C(=O)C(=Cc3c[nH]c4ncccc34)O2)C1. The Morgan fingerprint density at radius 1 is 1.37 bits per heavy atom. The van der Waals surface area contributed by atoms with Gasteiger partial charge in [-0.1, -0.05) is 13.8 Å². The van der Waals surface area contributed by atoms with Crippen LogP contribution in [0, 0.1) is 11.8 Å². The van der Waals surface area contributed by atoms with Gasteiger partial charge in [0.05, 0.1) is 0 Å². The number of Topliss-reactive ketones (excluding diaryl/α,β-unsaturated/α-hetero) is 1. The molecule has 2 atom stereocenters. The van der Waals surface area contributed by atoms with E-state index in [0.717, 1.165) is 17.4 Å². The Kier molecular flexibility index (Phi) is 4.22. The van der Waals surface area contributed by atoms with Crippen molar-refractivity contribution >= 4 is 28.9 Å². The lowest BCUT2D eigenvalue weighted by Gasteiger charge is -2.36. The normalized spacial score (nSPS) is 24.7. The van der Waals surface area contributed by atoms with E-state index in [9.17, 15) is 14.7 Å². The van der Waals surface area contributed by atoms with Gasteiger partial charge >= 0.3 is 5.97 Å². The molecule has 2 aromatic heterocycles. The number of ether oxygens (including phenoxy) is 1. The highest BCUT2D eigenvalue weighted by Gasteiger charge is 2.40. The lowest BCUT2D eigenvalue weighted by molar-refractivity contribution is -0.134. The average Bonchev–Trinajstić information content (AvgIpc) is 3.16. The second-order valence-corrected chi connectivity index (χ2v) is 7.42. The number of piperidine rings is 1. The predicted octanol–water partition coefficient (Wildman–Crippen LogP) is 2.78. The van der Waals surface area contributed by atoms with E-state index >= 15 is 0 Å². The van der Waals surface area contributed by atoms with Crippen LogP contribution in [0.25, 0.3) is 17.1 Å². The van der Waals surface area contributed by atoms with Crippen molar-refractivity contribution in [3.63, 3.8) is 0 Å². The zero-order chi connectivity index (χ0) is 19.1.